The van der Waals surface area contributed by atoms with Gasteiger partial charge in [0.2, 0.25) is 5.91 Å². The third kappa shape index (κ3) is 2.45. The number of anilines is 2. The lowest BCUT2D eigenvalue weighted by Crippen LogP contribution is -2.39. The highest BCUT2D eigenvalue weighted by molar-refractivity contribution is 5.96. The van der Waals surface area contributed by atoms with Gasteiger partial charge in [-0.3, -0.25) is 4.79 Å². The van der Waals surface area contributed by atoms with Crippen LogP contribution in [0.1, 0.15) is 24.8 Å². The van der Waals surface area contributed by atoms with Gasteiger partial charge in [-0.05, 0) is 48.9 Å². The Bertz CT molecular complexity index is 494. The summed E-state index contributed by atoms with van der Waals surface area (Å²) in [7, 11) is 1.85. The van der Waals surface area contributed by atoms with E-state index in [9.17, 15) is 4.79 Å². The average Bonchev–Trinajstić information content (AvgIpc) is 2.38. The van der Waals surface area contributed by atoms with Crippen LogP contribution in [0, 0.1) is 5.92 Å². The molecule has 4 heteroatoms. The Morgan fingerprint density at radius 2 is 2.16 bits per heavy atom. The molecule has 0 unspecified atom stereocenters. The van der Waals surface area contributed by atoms with Gasteiger partial charge in [0.1, 0.15) is 0 Å². The molecule has 1 amide bonds. The standard InChI is InChI=1S/C15H21N3O/c1-18-14-4-3-13(8-11(14)2-5-15(18)19)17-9-10-6-12(16)7-10/h3-4,8,10,12,17H,2,5-7,9,16H2,1H3. The van der Waals surface area contributed by atoms with Crippen LogP contribution in [0.15, 0.2) is 18.2 Å². The molecule has 1 fully saturated rings. The number of aryl methyl sites for hydroxylation is 1. The van der Waals surface area contributed by atoms with E-state index < -0.39 is 0 Å². The van der Waals surface area contributed by atoms with Gasteiger partial charge in [0.25, 0.3) is 0 Å². The number of carbonyl (C=O) groups is 1. The van der Waals surface area contributed by atoms with Crippen molar-refractivity contribution in [3.8, 4) is 0 Å². The summed E-state index contributed by atoms with van der Waals surface area (Å²) in [5, 5.41) is 3.48. The van der Waals surface area contributed by atoms with Crippen LogP contribution < -0.4 is 16.0 Å². The van der Waals surface area contributed by atoms with Crippen molar-refractivity contribution in [2.75, 3.05) is 23.8 Å². The average molecular weight is 259 g/mol. The molecular weight excluding hydrogens is 238 g/mol. The van der Waals surface area contributed by atoms with E-state index in [0.29, 0.717) is 12.5 Å². The molecule has 1 aliphatic carbocycles. The summed E-state index contributed by atoms with van der Waals surface area (Å²) >= 11 is 0. The van der Waals surface area contributed by atoms with Gasteiger partial charge in [-0.2, -0.15) is 0 Å². The van der Waals surface area contributed by atoms with Crippen molar-refractivity contribution in [3.63, 3.8) is 0 Å². The summed E-state index contributed by atoms with van der Waals surface area (Å²) < 4.78 is 0. The molecule has 0 atom stereocenters. The van der Waals surface area contributed by atoms with E-state index in [1.165, 1.54) is 5.56 Å². The van der Waals surface area contributed by atoms with Crippen molar-refractivity contribution in [1.29, 1.82) is 0 Å². The van der Waals surface area contributed by atoms with Crippen molar-refractivity contribution in [2.45, 2.75) is 31.7 Å². The summed E-state index contributed by atoms with van der Waals surface area (Å²) in [5.74, 6) is 0.923. The molecule has 1 aliphatic heterocycles. The fourth-order valence-electron chi connectivity index (χ4n) is 2.98. The number of amides is 1. The Labute approximate surface area is 114 Å². The lowest BCUT2D eigenvalue weighted by atomic mass is 9.81. The van der Waals surface area contributed by atoms with Gasteiger partial charge >= 0.3 is 0 Å². The second-order valence-electron chi connectivity index (χ2n) is 5.77. The number of nitrogens with zero attached hydrogens (tertiary/aromatic N) is 1. The first-order chi connectivity index (χ1) is 9.13. The molecule has 2 aliphatic rings. The zero-order chi connectivity index (χ0) is 13.4. The molecule has 0 bridgehead atoms. The third-order valence-corrected chi connectivity index (χ3v) is 4.29. The minimum absolute atomic E-state index is 0.205. The van der Waals surface area contributed by atoms with Crippen molar-refractivity contribution < 1.29 is 4.79 Å². The van der Waals surface area contributed by atoms with E-state index in [1.807, 2.05) is 13.1 Å². The van der Waals surface area contributed by atoms with Crippen molar-refractivity contribution >= 4 is 17.3 Å². The largest absolute Gasteiger partial charge is 0.385 e. The van der Waals surface area contributed by atoms with E-state index in [-0.39, 0.29) is 5.91 Å². The van der Waals surface area contributed by atoms with E-state index in [2.05, 4.69) is 17.4 Å². The first-order valence-electron chi connectivity index (χ1n) is 7.02. The van der Waals surface area contributed by atoms with Gasteiger partial charge in [-0.15, -0.1) is 0 Å². The van der Waals surface area contributed by atoms with Crippen molar-refractivity contribution in [1.82, 2.24) is 0 Å². The zero-order valence-corrected chi connectivity index (χ0v) is 11.4. The maximum atomic E-state index is 11.6. The Balaban J connectivity index is 1.66. The number of carbonyl (C=O) groups excluding carboxylic acids is 1. The van der Waals surface area contributed by atoms with Crippen LogP contribution in [-0.2, 0) is 11.2 Å². The molecule has 4 nitrogen and oxygen atoms in total. The predicted molar refractivity (Wildman–Crippen MR) is 77.4 cm³/mol. The summed E-state index contributed by atoms with van der Waals surface area (Å²) in [6.45, 7) is 1.00. The molecule has 1 saturated carbocycles. The van der Waals surface area contributed by atoms with Gasteiger partial charge < -0.3 is 16.0 Å². The number of hydrogen-bond acceptors (Lipinski definition) is 3. The van der Waals surface area contributed by atoms with Crippen LogP contribution in [0.4, 0.5) is 11.4 Å². The van der Waals surface area contributed by atoms with Crippen LogP contribution >= 0.6 is 0 Å². The summed E-state index contributed by atoms with van der Waals surface area (Å²) in [6, 6.07) is 6.69. The molecule has 102 valence electrons. The first-order valence-corrected chi connectivity index (χ1v) is 7.02. The number of hydrogen-bond donors (Lipinski definition) is 2. The molecule has 1 heterocycles. The number of fused-ring (bicyclic) bond motifs is 1. The molecule has 0 aromatic heterocycles. The molecule has 0 radical (unpaired) electrons. The quantitative estimate of drug-likeness (QED) is 0.869. The summed E-state index contributed by atoms with van der Waals surface area (Å²) in [6.07, 6.45) is 3.73. The third-order valence-electron chi connectivity index (χ3n) is 4.29. The summed E-state index contributed by atoms with van der Waals surface area (Å²) in [5.41, 5.74) is 9.26. The molecular formula is C15H21N3O. The minimum atomic E-state index is 0.205. The van der Waals surface area contributed by atoms with Crippen LogP contribution in [0.3, 0.4) is 0 Å². The van der Waals surface area contributed by atoms with Crippen molar-refractivity contribution in [2.24, 2.45) is 11.7 Å². The van der Waals surface area contributed by atoms with Gasteiger partial charge in [0, 0.05) is 37.4 Å². The smallest absolute Gasteiger partial charge is 0.227 e. The van der Waals surface area contributed by atoms with Gasteiger partial charge in [0.05, 0.1) is 0 Å². The molecule has 0 saturated heterocycles. The van der Waals surface area contributed by atoms with Crippen LogP contribution in [0.2, 0.25) is 0 Å². The molecule has 1 aromatic rings. The topological polar surface area (TPSA) is 58.4 Å². The molecule has 3 N–H and O–H groups in total. The Morgan fingerprint density at radius 3 is 2.89 bits per heavy atom. The zero-order valence-electron chi connectivity index (χ0n) is 11.4. The summed E-state index contributed by atoms with van der Waals surface area (Å²) in [4.78, 5) is 13.4. The number of nitrogens with one attached hydrogen (secondary N) is 1. The van der Waals surface area contributed by atoms with E-state index >= 15 is 0 Å². The molecule has 0 spiro atoms. The first kappa shape index (κ1) is 12.5. The SMILES string of the molecule is CN1C(=O)CCc2cc(NCC3CC(N)C3)ccc21. The Kier molecular flexibility index (Phi) is 3.19. The lowest BCUT2D eigenvalue weighted by Gasteiger charge is -2.33. The fourth-order valence-corrected chi connectivity index (χ4v) is 2.98. The number of benzene rings is 1. The Hall–Kier alpha value is -1.55. The fraction of sp³-hybridized carbons (Fsp3) is 0.533. The lowest BCUT2D eigenvalue weighted by molar-refractivity contribution is -0.118. The second-order valence-corrected chi connectivity index (χ2v) is 5.77. The molecule has 1 aromatic carbocycles. The monoisotopic (exact) mass is 259 g/mol. The Morgan fingerprint density at radius 1 is 1.37 bits per heavy atom. The van der Waals surface area contributed by atoms with Gasteiger partial charge in [-0.25, -0.2) is 0 Å². The number of rotatable bonds is 3. The van der Waals surface area contributed by atoms with Crippen LogP contribution in [0.5, 0.6) is 0 Å². The highest BCUT2D eigenvalue weighted by Crippen LogP contribution is 2.30. The van der Waals surface area contributed by atoms with Gasteiger partial charge in [0.15, 0.2) is 0 Å². The maximum Gasteiger partial charge on any atom is 0.227 e. The van der Waals surface area contributed by atoms with E-state index in [4.69, 9.17) is 5.73 Å². The normalized spacial score (nSPS) is 25.8. The maximum absolute atomic E-state index is 11.6. The van der Waals surface area contributed by atoms with E-state index in [1.54, 1.807) is 4.90 Å². The van der Waals surface area contributed by atoms with Crippen LogP contribution in [-0.4, -0.2) is 25.5 Å². The van der Waals surface area contributed by atoms with E-state index in [0.717, 1.165) is 43.1 Å². The second kappa shape index (κ2) is 4.85. The molecule has 3 rings (SSSR count). The van der Waals surface area contributed by atoms with Gasteiger partial charge in [-0.1, -0.05) is 0 Å². The van der Waals surface area contributed by atoms with Crippen molar-refractivity contribution in [3.05, 3.63) is 23.8 Å². The van der Waals surface area contributed by atoms with Crippen LogP contribution in [0.25, 0.3) is 0 Å². The minimum Gasteiger partial charge on any atom is -0.385 e. The highest BCUT2D eigenvalue weighted by atomic mass is 16.2. The number of nitrogens with two attached hydrogens (primary N) is 1. The highest BCUT2D eigenvalue weighted by Gasteiger charge is 2.25. The predicted octanol–water partition coefficient (Wildman–Crippen LogP) is 1.74. The molecule has 19 heavy (non-hydrogen) atoms.